The molecule has 8 aromatic carbocycles. The van der Waals surface area contributed by atoms with Crippen LogP contribution in [-0.4, -0.2) is 19.6 Å². The minimum absolute atomic E-state index is 0.172. The summed E-state index contributed by atoms with van der Waals surface area (Å²) in [6.07, 6.45) is 9.70. The van der Waals surface area contributed by atoms with Gasteiger partial charge >= 0.3 is 0 Å². The highest BCUT2D eigenvalue weighted by Crippen LogP contribution is 2.65. The van der Waals surface area contributed by atoms with E-state index in [9.17, 15) is 19.6 Å². The number of benzene rings is 8. The van der Waals surface area contributed by atoms with Crippen molar-refractivity contribution >= 4 is 66.1 Å². The van der Waals surface area contributed by atoms with Crippen LogP contribution in [0.15, 0.2) is 103 Å². The second-order valence-corrected chi connectivity index (χ2v) is 30.5. The van der Waals surface area contributed by atoms with E-state index in [1.165, 1.54) is 99.8 Å². The summed E-state index contributed by atoms with van der Waals surface area (Å²) in [6, 6.07) is 37.4. The van der Waals surface area contributed by atoms with Crippen LogP contribution in [0.1, 0.15) is 223 Å². The smallest absolute Gasteiger partial charge is 0.200 e. The van der Waals surface area contributed by atoms with Gasteiger partial charge in [-0.3, -0.25) is 0 Å². The average molecular weight is 1120 g/mol. The van der Waals surface area contributed by atoms with Crippen LogP contribution in [0.3, 0.4) is 0 Å². The zero-order valence-electron chi connectivity index (χ0n) is 51.5. The fourth-order valence-electron chi connectivity index (χ4n) is 15.2. The van der Waals surface area contributed by atoms with Crippen LogP contribution < -0.4 is 10.6 Å². The Balaban J connectivity index is 1.48. The molecule has 0 spiro atoms. The molecule has 0 bridgehead atoms. The summed E-state index contributed by atoms with van der Waals surface area (Å²) in [5.41, 5.74) is 27.6. The first kappa shape index (κ1) is 56.9. The molecule has 2 atom stereocenters. The van der Waals surface area contributed by atoms with Gasteiger partial charge in [0.2, 0.25) is 8.38 Å². The molecule has 0 aromatic heterocycles. The Kier molecular flexibility index (Phi) is 13.9. The molecule has 422 valence electrons. The van der Waals surface area contributed by atoms with Gasteiger partial charge < -0.3 is 19.6 Å². The van der Waals surface area contributed by atoms with Crippen LogP contribution in [0.2, 0.25) is 0 Å². The van der Waals surface area contributed by atoms with E-state index >= 15 is 0 Å². The van der Waals surface area contributed by atoms with Crippen LogP contribution in [0.5, 0.6) is 0 Å². The zero-order chi connectivity index (χ0) is 58.6. The van der Waals surface area contributed by atoms with Gasteiger partial charge in [0.05, 0.1) is 0 Å². The molecule has 0 aliphatic heterocycles. The van der Waals surface area contributed by atoms with Crippen molar-refractivity contribution in [3.05, 3.63) is 203 Å². The highest BCUT2D eigenvalue weighted by Gasteiger charge is 2.47. The predicted octanol–water partition coefficient (Wildman–Crippen LogP) is 18.3. The van der Waals surface area contributed by atoms with Crippen LogP contribution in [-0.2, 0) is 60.2 Å². The lowest BCUT2D eigenvalue weighted by Crippen LogP contribution is -2.27. The van der Waals surface area contributed by atoms with Gasteiger partial charge in [-0.15, -0.1) is 0 Å². The largest absolute Gasteiger partial charge is 0.347 e. The SMILES string of the molecule is CCc1cc2c(c(C(C)(C)C)c1)C1=C(c3c(cc(CC)cc3C(C)(C)C)C2)C(C2C=Cc3cccc4cccc2c34)c2ccc(P(O)O)c3c(P(O)O)c4c(c1c23)-c1c(cc(CC)cc1C(C)(C)C)Cc1cc(CC)cc(C(C)(C)C)c1-4. The normalized spacial score (nSPS) is 16.5. The summed E-state index contributed by atoms with van der Waals surface area (Å²) in [4.78, 5) is 50.3. The van der Waals surface area contributed by atoms with Crippen molar-refractivity contribution in [1.29, 1.82) is 0 Å². The van der Waals surface area contributed by atoms with Gasteiger partial charge in [0.25, 0.3) is 0 Å². The van der Waals surface area contributed by atoms with E-state index in [1.54, 1.807) is 0 Å². The first-order valence-electron chi connectivity index (χ1n) is 30.3. The molecule has 0 heterocycles. The first-order valence-corrected chi connectivity index (χ1v) is 32.8. The van der Waals surface area contributed by atoms with E-state index in [-0.39, 0.29) is 33.5 Å². The molecule has 8 aromatic rings. The highest BCUT2D eigenvalue weighted by molar-refractivity contribution is 7.57. The fraction of sp³-hybridized carbons (Fsp3) is 0.368. The lowest BCUT2D eigenvalue weighted by Gasteiger charge is -2.42. The Labute approximate surface area is 491 Å². The van der Waals surface area contributed by atoms with E-state index in [4.69, 9.17) is 0 Å². The molecule has 4 N–H and O–H groups in total. The summed E-state index contributed by atoms with van der Waals surface area (Å²) in [5, 5.41) is 4.67. The van der Waals surface area contributed by atoms with Gasteiger partial charge in [-0.1, -0.05) is 214 Å². The number of hydrogen-bond acceptors (Lipinski definition) is 4. The predicted molar refractivity (Wildman–Crippen MR) is 352 cm³/mol. The lowest BCUT2D eigenvalue weighted by molar-refractivity contribution is 0.497. The van der Waals surface area contributed by atoms with E-state index in [0.29, 0.717) is 22.4 Å². The second-order valence-electron chi connectivity index (χ2n) is 28.4. The molecule has 0 radical (unpaired) electrons. The second kappa shape index (κ2) is 20.0. The number of rotatable bonds is 7. The van der Waals surface area contributed by atoms with Crippen molar-refractivity contribution in [1.82, 2.24) is 0 Å². The van der Waals surface area contributed by atoms with Gasteiger partial charge in [0, 0.05) is 33.4 Å². The van der Waals surface area contributed by atoms with E-state index in [2.05, 4.69) is 214 Å². The van der Waals surface area contributed by atoms with Crippen molar-refractivity contribution in [2.75, 3.05) is 0 Å². The molecular weight excluding hydrogens is 1040 g/mol. The third-order valence-electron chi connectivity index (χ3n) is 19.0. The van der Waals surface area contributed by atoms with Crippen LogP contribution in [0, 0.1) is 0 Å². The third-order valence-corrected chi connectivity index (χ3v) is 20.6. The maximum Gasteiger partial charge on any atom is 0.200 e. The molecule has 0 fully saturated rings. The Morgan fingerprint density at radius 2 is 0.878 bits per heavy atom. The summed E-state index contributed by atoms with van der Waals surface area (Å²) >= 11 is 0. The molecule has 6 heteroatoms. The Bertz CT molecular complexity index is 4070. The number of aryl methyl sites for hydroxylation is 4. The minimum Gasteiger partial charge on any atom is -0.347 e. The van der Waals surface area contributed by atoms with Crippen LogP contribution in [0.4, 0.5) is 0 Å². The van der Waals surface area contributed by atoms with Crippen molar-refractivity contribution in [2.45, 2.75) is 183 Å². The van der Waals surface area contributed by atoms with Crippen LogP contribution in [0.25, 0.3) is 61.0 Å². The Morgan fingerprint density at radius 1 is 0.427 bits per heavy atom. The average Bonchev–Trinajstić information content (AvgIpc) is 3.87. The van der Waals surface area contributed by atoms with Crippen LogP contribution >= 0.6 is 16.8 Å². The maximum absolute atomic E-state index is 12.9. The Morgan fingerprint density at radius 3 is 1.35 bits per heavy atom. The molecule has 82 heavy (non-hydrogen) atoms. The standard InChI is InChI=1S/C76H84O4P2/c1-17-41-31-47-39-48-32-42(18-2)36-55(74(8,9)10)61(48)68-67(60(47)54(35-41)73(5,6)7)64(52-28-27-46-24-21-23-45-25-22-26-51(52)59(45)46)53-29-30-58(81(77)78)66-65(53)70(68)69-62-49(33-43(19-3)37-56(62)75(11,12)13)40-50-34-44(20-4)38-57(76(14,15)16)63(50)71(69)72(66)82(79)80/h21-38,52,64,77-80H,17-20,39-40H2,1-16H3. The number of fused-ring (bicyclic) bond motifs is 11. The molecule has 4 nitrogen and oxygen atoms in total. The molecule has 12 rings (SSSR count). The molecule has 2 unspecified atom stereocenters. The van der Waals surface area contributed by atoms with E-state index in [0.717, 1.165) is 82.0 Å². The van der Waals surface area contributed by atoms with Crippen molar-refractivity contribution < 1.29 is 19.6 Å². The van der Waals surface area contributed by atoms with Crippen molar-refractivity contribution in [3.63, 3.8) is 0 Å². The maximum atomic E-state index is 12.9. The molecule has 4 aliphatic carbocycles. The molecular formula is C76H84O4P2. The van der Waals surface area contributed by atoms with Crippen molar-refractivity contribution in [3.8, 4) is 22.3 Å². The zero-order valence-corrected chi connectivity index (χ0v) is 53.3. The van der Waals surface area contributed by atoms with Gasteiger partial charge in [-0.05, 0) is 210 Å². The number of allylic oxidation sites excluding steroid dienone is 2. The number of hydrogen-bond donors (Lipinski definition) is 4. The fourth-order valence-corrected chi connectivity index (χ4v) is 16.8. The van der Waals surface area contributed by atoms with Gasteiger partial charge in [0.15, 0.2) is 8.38 Å². The van der Waals surface area contributed by atoms with E-state index in [1.807, 2.05) is 6.07 Å². The molecule has 0 saturated heterocycles. The first-order chi connectivity index (χ1) is 38.7. The van der Waals surface area contributed by atoms with Gasteiger partial charge in [-0.25, -0.2) is 0 Å². The highest BCUT2D eigenvalue weighted by atomic mass is 31.2. The van der Waals surface area contributed by atoms with Crippen molar-refractivity contribution in [2.24, 2.45) is 0 Å². The summed E-state index contributed by atoms with van der Waals surface area (Å²) in [7, 11) is -5.66. The van der Waals surface area contributed by atoms with Gasteiger partial charge in [0.1, 0.15) is 0 Å². The summed E-state index contributed by atoms with van der Waals surface area (Å²) in [5.74, 6) is -0.488. The monoisotopic (exact) mass is 1120 g/mol. The Hall–Kier alpha value is -5.54. The lowest BCUT2D eigenvalue weighted by atomic mass is 9.61. The van der Waals surface area contributed by atoms with Gasteiger partial charge in [-0.2, -0.15) is 0 Å². The summed E-state index contributed by atoms with van der Waals surface area (Å²) < 4.78 is 0. The van der Waals surface area contributed by atoms with E-state index < -0.39 is 16.8 Å². The quantitative estimate of drug-likeness (QED) is 0.120. The molecule has 0 amide bonds. The topological polar surface area (TPSA) is 80.9 Å². The third kappa shape index (κ3) is 8.90. The minimum atomic E-state index is -2.90. The molecule has 4 aliphatic rings. The summed E-state index contributed by atoms with van der Waals surface area (Å²) in [6.45, 7) is 37.3. The molecule has 0 saturated carbocycles.